The van der Waals surface area contributed by atoms with Crippen LogP contribution in [-0.2, 0) is 0 Å². The summed E-state index contributed by atoms with van der Waals surface area (Å²) >= 11 is 0. The number of hydrogen-bond acceptors (Lipinski definition) is 1. The fourth-order valence-corrected chi connectivity index (χ4v) is 3.97. The van der Waals surface area contributed by atoms with Crippen LogP contribution in [0.3, 0.4) is 0 Å². The number of piperidine rings is 1. The lowest BCUT2D eigenvalue weighted by atomic mass is 9.66. The van der Waals surface area contributed by atoms with Gasteiger partial charge in [-0.15, -0.1) is 0 Å². The van der Waals surface area contributed by atoms with Gasteiger partial charge in [-0.05, 0) is 57.9 Å². The largest absolute Gasteiger partial charge is 0.295 e. The minimum absolute atomic E-state index is 0.462. The topological polar surface area (TPSA) is 3.24 Å². The Morgan fingerprint density at radius 1 is 1.14 bits per heavy atom. The maximum Gasteiger partial charge on any atom is 0.0237 e. The van der Waals surface area contributed by atoms with Crippen molar-refractivity contribution in [2.24, 2.45) is 11.3 Å². The molecule has 0 amide bonds. The third-order valence-electron chi connectivity index (χ3n) is 5.36. The van der Waals surface area contributed by atoms with Crippen molar-refractivity contribution in [2.45, 2.75) is 65.5 Å². The molecule has 0 radical (unpaired) electrons. The van der Waals surface area contributed by atoms with Crippen LogP contribution in [-0.4, -0.2) is 23.0 Å². The fraction of sp³-hybridized carbons (Fsp3) is 1.00. The monoisotopic (exact) mass is 195 g/mol. The van der Waals surface area contributed by atoms with Gasteiger partial charge in [0.15, 0.2) is 0 Å². The first-order valence-corrected chi connectivity index (χ1v) is 6.16. The van der Waals surface area contributed by atoms with Crippen molar-refractivity contribution in [3.05, 3.63) is 0 Å². The average Bonchev–Trinajstić information content (AvgIpc) is 2.26. The van der Waals surface area contributed by atoms with Gasteiger partial charge in [-0.2, -0.15) is 0 Å². The van der Waals surface area contributed by atoms with E-state index in [1.54, 1.807) is 0 Å². The number of likely N-dealkylation sites (tertiary alicyclic amines) is 1. The molecule has 2 bridgehead atoms. The van der Waals surface area contributed by atoms with Crippen LogP contribution in [0.1, 0.15) is 53.9 Å². The lowest BCUT2D eigenvalue weighted by Gasteiger charge is -2.55. The summed E-state index contributed by atoms with van der Waals surface area (Å²) < 4.78 is 0. The van der Waals surface area contributed by atoms with Crippen LogP contribution in [0.5, 0.6) is 0 Å². The summed E-state index contributed by atoms with van der Waals surface area (Å²) in [6, 6.07) is 0.707. The van der Waals surface area contributed by atoms with Crippen molar-refractivity contribution < 1.29 is 0 Å². The van der Waals surface area contributed by atoms with Gasteiger partial charge in [-0.3, -0.25) is 4.90 Å². The molecule has 2 atom stereocenters. The number of fused-ring (bicyclic) bond motifs is 2. The smallest absolute Gasteiger partial charge is 0.0237 e. The van der Waals surface area contributed by atoms with Gasteiger partial charge in [-0.1, -0.05) is 13.8 Å². The average molecular weight is 195 g/mol. The molecule has 1 heteroatoms. The molecule has 14 heavy (non-hydrogen) atoms. The van der Waals surface area contributed by atoms with E-state index in [1.807, 2.05) is 0 Å². The van der Waals surface area contributed by atoms with Crippen molar-refractivity contribution in [1.29, 1.82) is 0 Å². The molecule has 82 valence electrons. The van der Waals surface area contributed by atoms with E-state index in [9.17, 15) is 0 Å². The Bertz CT molecular complexity index is 231. The minimum atomic E-state index is 0.462. The molecule has 2 rings (SSSR count). The maximum absolute atomic E-state index is 2.75. The number of rotatable bonds is 1. The molecule has 1 saturated heterocycles. The summed E-state index contributed by atoms with van der Waals surface area (Å²) in [5, 5.41) is 0. The molecule has 1 saturated carbocycles. The molecular weight excluding hydrogens is 170 g/mol. The van der Waals surface area contributed by atoms with Crippen molar-refractivity contribution >= 4 is 0 Å². The third-order valence-corrected chi connectivity index (χ3v) is 5.36. The van der Waals surface area contributed by atoms with Crippen LogP contribution in [0, 0.1) is 11.3 Å². The summed E-state index contributed by atoms with van der Waals surface area (Å²) in [5.41, 5.74) is 0.986. The predicted molar refractivity (Wildman–Crippen MR) is 61.4 cm³/mol. The second-order valence-corrected chi connectivity index (χ2v) is 6.31. The van der Waals surface area contributed by atoms with Crippen LogP contribution in [0.15, 0.2) is 0 Å². The Balaban J connectivity index is 2.34. The lowest BCUT2D eigenvalue weighted by Crippen LogP contribution is -2.60. The first-order valence-electron chi connectivity index (χ1n) is 6.16. The Hall–Kier alpha value is -0.0400. The normalized spacial score (nSPS) is 42.0. The Morgan fingerprint density at radius 3 is 2.36 bits per heavy atom. The van der Waals surface area contributed by atoms with Crippen molar-refractivity contribution in [3.8, 4) is 0 Å². The van der Waals surface area contributed by atoms with Crippen LogP contribution >= 0.6 is 0 Å². The summed E-state index contributed by atoms with van der Waals surface area (Å²) in [7, 11) is 0. The van der Waals surface area contributed by atoms with Crippen molar-refractivity contribution in [3.63, 3.8) is 0 Å². The molecule has 2 aliphatic rings. The highest BCUT2D eigenvalue weighted by Gasteiger charge is 2.57. The molecule has 0 N–H and O–H groups in total. The SMILES string of the molecule is CC(C)N1CCC2CCC1(C)C2(C)C. The molecule has 0 aromatic carbocycles. The molecule has 1 heterocycles. The highest BCUT2D eigenvalue weighted by molar-refractivity contribution is 5.10. The standard InChI is InChI=1S/C13H25N/c1-10(2)14-9-7-11-6-8-13(14,5)12(11,3)4/h10-11H,6-9H2,1-5H3. The molecule has 0 aromatic heterocycles. The zero-order chi connectivity index (χ0) is 10.6. The van der Waals surface area contributed by atoms with E-state index in [0.717, 1.165) is 5.92 Å². The second kappa shape index (κ2) is 2.98. The maximum atomic E-state index is 2.75. The molecule has 2 unspecified atom stereocenters. The summed E-state index contributed by atoms with van der Waals surface area (Å²) in [4.78, 5) is 2.75. The second-order valence-electron chi connectivity index (χ2n) is 6.31. The van der Waals surface area contributed by atoms with Gasteiger partial charge in [-0.25, -0.2) is 0 Å². The third kappa shape index (κ3) is 1.11. The van der Waals surface area contributed by atoms with Crippen LogP contribution in [0.2, 0.25) is 0 Å². The van der Waals surface area contributed by atoms with Crippen LogP contribution in [0.4, 0.5) is 0 Å². The highest BCUT2D eigenvalue weighted by Crippen LogP contribution is 2.57. The minimum Gasteiger partial charge on any atom is -0.295 e. The van der Waals surface area contributed by atoms with Gasteiger partial charge in [0.05, 0.1) is 0 Å². The predicted octanol–water partition coefficient (Wildman–Crippen LogP) is 3.30. The van der Waals surface area contributed by atoms with Crippen molar-refractivity contribution in [2.75, 3.05) is 6.54 Å². The number of nitrogens with zero attached hydrogens (tertiary/aromatic N) is 1. The van der Waals surface area contributed by atoms with Crippen LogP contribution < -0.4 is 0 Å². The molecule has 0 spiro atoms. The van der Waals surface area contributed by atoms with Gasteiger partial charge < -0.3 is 0 Å². The van der Waals surface area contributed by atoms with Gasteiger partial charge in [0, 0.05) is 11.6 Å². The summed E-state index contributed by atoms with van der Waals surface area (Å²) in [6.45, 7) is 13.5. The van der Waals surface area contributed by atoms with E-state index < -0.39 is 0 Å². The highest BCUT2D eigenvalue weighted by atomic mass is 15.2. The Morgan fingerprint density at radius 2 is 1.79 bits per heavy atom. The zero-order valence-corrected chi connectivity index (χ0v) is 10.4. The van der Waals surface area contributed by atoms with E-state index in [2.05, 4.69) is 39.5 Å². The van der Waals surface area contributed by atoms with Crippen LogP contribution in [0.25, 0.3) is 0 Å². The van der Waals surface area contributed by atoms with Gasteiger partial charge in [0.1, 0.15) is 0 Å². The first-order chi connectivity index (χ1) is 6.39. The first kappa shape index (κ1) is 10.5. The molecule has 2 fully saturated rings. The lowest BCUT2D eigenvalue weighted by molar-refractivity contribution is -0.0557. The zero-order valence-electron chi connectivity index (χ0n) is 10.4. The fourth-order valence-electron chi connectivity index (χ4n) is 3.97. The van der Waals surface area contributed by atoms with Crippen molar-refractivity contribution in [1.82, 2.24) is 4.90 Å². The van der Waals surface area contributed by atoms with E-state index >= 15 is 0 Å². The Labute approximate surface area is 88.9 Å². The summed E-state index contributed by atoms with van der Waals surface area (Å²) in [6.07, 6.45) is 4.27. The van der Waals surface area contributed by atoms with Gasteiger partial charge >= 0.3 is 0 Å². The summed E-state index contributed by atoms with van der Waals surface area (Å²) in [5.74, 6) is 0.975. The van der Waals surface area contributed by atoms with Gasteiger partial charge in [0.2, 0.25) is 0 Å². The van der Waals surface area contributed by atoms with E-state index in [-0.39, 0.29) is 0 Å². The van der Waals surface area contributed by atoms with E-state index in [0.29, 0.717) is 17.0 Å². The van der Waals surface area contributed by atoms with Gasteiger partial charge in [0.25, 0.3) is 0 Å². The van der Waals surface area contributed by atoms with E-state index in [4.69, 9.17) is 0 Å². The molecule has 1 nitrogen and oxygen atoms in total. The molecule has 1 aliphatic heterocycles. The molecule has 0 aromatic rings. The number of hydrogen-bond donors (Lipinski definition) is 0. The molecule has 1 aliphatic carbocycles. The molecular formula is C13H25N. The quantitative estimate of drug-likeness (QED) is 0.620. The van der Waals surface area contributed by atoms with E-state index in [1.165, 1.54) is 25.8 Å². The Kier molecular flexibility index (Phi) is 2.23.